The fourth-order valence-corrected chi connectivity index (χ4v) is 2.49. The van der Waals surface area contributed by atoms with Crippen molar-refractivity contribution in [3.05, 3.63) is 65.2 Å². The second-order valence-electron chi connectivity index (χ2n) is 5.43. The van der Waals surface area contributed by atoms with Crippen LogP contribution in [0.4, 0.5) is 5.69 Å². The van der Waals surface area contributed by atoms with Gasteiger partial charge in [-0.2, -0.15) is 0 Å². The third-order valence-corrected chi connectivity index (χ3v) is 3.93. The van der Waals surface area contributed by atoms with Crippen LogP contribution in [0.3, 0.4) is 0 Å². The van der Waals surface area contributed by atoms with Crippen LogP contribution >= 0.6 is 0 Å². The summed E-state index contributed by atoms with van der Waals surface area (Å²) in [6.07, 6.45) is 0. The highest BCUT2D eigenvalue weighted by Crippen LogP contribution is 2.17. The summed E-state index contributed by atoms with van der Waals surface area (Å²) in [5, 5.41) is 12.2. The summed E-state index contributed by atoms with van der Waals surface area (Å²) in [7, 11) is 0. The van der Waals surface area contributed by atoms with E-state index >= 15 is 0 Å². The van der Waals surface area contributed by atoms with Crippen molar-refractivity contribution in [3.8, 4) is 0 Å². The van der Waals surface area contributed by atoms with E-state index in [1.807, 2.05) is 36.4 Å². The molecule has 0 atom stereocenters. The number of aliphatic hydroxyl groups is 1. The lowest BCUT2D eigenvalue weighted by atomic mass is 10.1. The Morgan fingerprint density at radius 3 is 2.52 bits per heavy atom. The Balaban J connectivity index is 2.13. The van der Waals surface area contributed by atoms with Crippen LogP contribution in [0.2, 0.25) is 0 Å². The third-order valence-electron chi connectivity index (χ3n) is 3.93. The van der Waals surface area contributed by atoms with Crippen LogP contribution < -0.4 is 5.32 Å². The largest absolute Gasteiger partial charge is 0.392 e. The first-order chi connectivity index (χ1) is 11.2. The number of nitrogens with one attached hydrogen (secondary N) is 1. The zero-order valence-electron chi connectivity index (χ0n) is 13.7. The van der Waals surface area contributed by atoms with E-state index in [0.29, 0.717) is 16.8 Å². The van der Waals surface area contributed by atoms with E-state index < -0.39 is 0 Å². The smallest absolute Gasteiger partial charge is 0.255 e. The predicted molar refractivity (Wildman–Crippen MR) is 93.4 cm³/mol. The average Bonchev–Trinajstić information content (AvgIpc) is 2.60. The van der Waals surface area contributed by atoms with Crippen molar-refractivity contribution < 1.29 is 9.90 Å². The maximum absolute atomic E-state index is 12.5. The monoisotopic (exact) mass is 312 g/mol. The van der Waals surface area contributed by atoms with Gasteiger partial charge in [-0.3, -0.25) is 9.69 Å². The Labute approximate surface area is 137 Å². The minimum atomic E-state index is -0.160. The molecule has 2 aromatic rings. The van der Waals surface area contributed by atoms with Gasteiger partial charge in [-0.25, -0.2) is 0 Å². The van der Waals surface area contributed by atoms with Gasteiger partial charge in [0.25, 0.3) is 5.91 Å². The standard InChI is InChI=1S/C19H24N2O2/c1-3-21(4-2)13-15-8-7-10-16(12-15)19(23)20-18-11-6-5-9-17(18)14-22/h5-12,22H,3-4,13-14H2,1-2H3,(H,20,23). The van der Waals surface area contributed by atoms with E-state index in [1.54, 1.807) is 12.1 Å². The molecule has 4 heteroatoms. The zero-order valence-corrected chi connectivity index (χ0v) is 13.7. The number of hydrogen-bond acceptors (Lipinski definition) is 3. The summed E-state index contributed by atoms with van der Waals surface area (Å²) in [5.41, 5.74) is 3.11. The molecule has 0 radical (unpaired) electrons. The third kappa shape index (κ3) is 4.65. The SMILES string of the molecule is CCN(CC)Cc1cccc(C(=O)Nc2ccccc2CO)c1. The van der Waals surface area contributed by atoms with Crippen molar-refractivity contribution >= 4 is 11.6 Å². The van der Waals surface area contributed by atoms with Crippen LogP contribution in [0.15, 0.2) is 48.5 Å². The molecule has 0 spiro atoms. The summed E-state index contributed by atoms with van der Waals surface area (Å²) < 4.78 is 0. The van der Waals surface area contributed by atoms with Crippen molar-refractivity contribution in [2.24, 2.45) is 0 Å². The minimum absolute atomic E-state index is 0.0988. The molecule has 2 aromatic carbocycles. The lowest BCUT2D eigenvalue weighted by Crippen LogP contribution is -2.22. The molecule has 0 bridgehead atoms. The van der Waals surface area contributed by atoms with Gasteiger partial charge in [-0.05, 0) is 36.9 Å². The number of carbonyl (C=O) groups is 1. The van der Waals surface area contributed by atoms with Gasteiger partial charge in [0, 0.05) is 23.4 Å². The Hall–Kier alpha value is -2.17. The van der Waals surface area contributed by atoms with Crippen LogP contribution in [0.5, 0.6) is 0 Å². The molecule has 0 saturated heterocycles. The van der Waals surface area contributed by atoms with Gasteiger partial charge >= 0.3 is 0 Å². The lowest BCUT2D eigenvalue weighted by Gasteiger charge is -2.18. The number of carbonyl (C=O) groups excluding carboxylic acids is 1. The van der Waals surface area contributed by atoms with Crippen LogP contribution in [-0.4, -0.2) is 29.0 Å². The molecule has 0 aromatic heterocycles. The fraction of sp³-hybridized carbons (Fsp3) is 0.316. The lowest BCUT2D eigenvalue weighted by molar-refractivity contribution is 0.102. The highest BCUT2D eigenvalue weighted by molar-refractivity contribution is 6.04. The maximum Gasteiger partial charge on any atom is 0.255 e. The molecule has 0 aliphatic heterocycles. The van der Waals surface area contributed by atoms with E-state index in [9.17, 15) is 9.90 Å². The van der Waals surface area contributed by atoms with Crippen LogP contribution in [-0.2, 0) is 13.2 Å². The van der Waals surface area contributed by atoms with Crippen LogP contribution in [0, 0.1) is 0 Å². The molecule has 0 aliphatic rings. The summed E-state index contributed by atoms with van der Waals surface area (Å²) in [6.45, 7) is 6.96. The van der Waals surface area contributed by atoms with Gasteiger partial charge < -0.3 is 10.4 Å². The number of benzene rings is 2. The molecule has 4 nitrogen and oxygen atoms in total. The predicted octanol–water partition coefficient (Wildman–Crippen LogP) is 3.27. The summed E-state index contributed by atoms with van der Waals surface area (Å²) in [4.78, 5) is 14.8. The minimum Gasteiger partial charge on any atom is -0.392 e. The molecule has 0 unspecified atom stereocenters. The number of anilines is 1. The fourth-order valence-electron chi connectivity index (χ4n) is 2.49. The Morgan fingerprint density at radius 1 is 1.09 bits per heavy atom. The normalized spacial score (nSPS) is 10.8. The molecule has 2 rings (SSSR count). The van der Waals surface area contributed by atoms with Crippen molar-refractivity contribution in [2.75, 3.05) is 18.4 Å². The van der Waals surface area contributed by atoms with Gasteiger partial charge in [0.05, 0.1) is 6.61 Å². The maximum atomic E-state index is 12.5. The van der Waals surface area contributed by atoms with Gasteiger partial charge in [0.1, 0.15) is 0 Å². The number of amides is 1. The van der Waals surface area contributed by atoms with E-state index in [0.717, 1.165) is 25.2 Å². The topological polar surface area (TPSA) is 52.6 Å². The second-order valence-corrected chi connectivity index (χ2v) is 5.43. The summed E-state index contributed by atoms with van der Waals surface area (Å²) >= 11 is 0. The Bertz CT molecular complexity index is 651. The second kappa shape index (κ2) is 8.46. The van der Waals surface area contributed by atoms with Crippen molar-refractivity contribution in [3.63, 3.8) is 0 Å². The number of aliphatic hydroxyl groups excluding tert-OH is 1. The molecular weight excluding hydrogens is 288 g/mol. The number of rotatable bonds is 7. The number of para-hydroxylation sites is 1. The number of hydrogen-bond donors (Lipinski definition) is 2. The quantitative estimate of drug-likeness (QED) is 0.825. The Morgan fingerprint density at radius 2 is 1.83 bits per heavy atom. The van der Waals surface area contributed by atoms with Crippen LogP contribution in [0.25, 0.3) is 0 Å². The van der Waals surface area contributed by atoms with Gasteiger partial charge in [0.15, 0.2) is 0 Å². The first kappa shape index (κ1) is 17.2. The highest BCUT2D eigenvalue weighted by atomic mass is 16.3. The Kier molecular flexibility index (Phi) is 6.32. The molecule has 2 N–H and O–H groups in total. The molecule has 0 heterocycles. The number of nitrogens with zero attached hydrogens (tertiary/aromatic N) is 1. The van der Waals surface area contributed by atoms with Crippen molar-refractivity contribution in [2.45, 2.75) is 27.0 Å². The van der Waals surface area contributed by atoms with Crippen LogP contribution in [0.1, 0.15) is 35.3 Å². The summed E-state index contributed by atoms with van der Waals surface area (Å²) in [5.74, 6) is -0.160. The average molecular weight is 312 g/mol. The van der Waals surface area contributed by atoms with Gasteiger partial charge in [0.2, 0.25) is 0 Å². The van der Waals surface area contributed by atoms with Crippen molar-refractivity contribution in [1.29, 1.82) is 0 Å². The van der Waals surface area contributed by atoms with Crippen molar-refractivity contribution in [1.82, 2.24) is 4.90 Å². The molecule has 122 valence electrons. The van der Waals surface area contributed by atoms with E-state index in [4.69, 9.17) is 0 Å². The summed E-state index contributed by atoms with van der Waals surface area (Å²) in [6, 6.07) is 15.0. The molecular formula is C19H24N2O2. The van der Waals surface area contributed by atoms with E-state index in [-0.39, 0.29) is 12.5 Å². The zero-order chi connectivity index (χ0) is 16.7. The van der Waals surface area contributed by atoms with Gasteiger partial charge in [-0.15, -0.1) is 0 Å². The van der Waals surface area contributed by atoms with E-state index in [2.05, 4.69) is 24.1 Å². The first-order valence-electron chi connectivity index (χ1n) is 7.99. The molecule has 23 heavy (non-hydrogen) atoms. The van der Waals surface area contributed by atoms with Gasteiger partial charge in [-0.1, -0.05) is 44.2 Å². The first-order valence-corrected chi connectivity index (χ1v) is 7.99. The molecule has 0 fully saturated rings. The molecule has 0 saturated carbocycles. The highest BCUT2D eigenvalue weighted by Gasteiger charge is 2.10. The van der Waals surface area contributed by atoms with E-state index in [1.165, 1.54) is 0 Å². The molecule has 1 amide bonds. The molecule has 0 aliphatic carbocycles.